The van der Waals surface area contributed by atoms with Crippen molar-refractivity contribution in [3.8, 4) is 0 Å². The molecule has 0 bridgehead atoms. The second-order valence-corrected chi connectivity index (χ2v) is 7.77. The van der Waals surface area contributed by atoms with Gasteiger partial charge < -0.3 is 10.6 Å². The van der Waals surface area contributed by atoms with E-state index < -0.39 is 0 Å². The first-order chi connectivity index (χ1) is 14.5. The van der Waals surface area contributed by atoms with Gasteiger partial charge in [0.05, 0.1) is 11.4 Å². The van der Waals surface area contributed by atoms with E-state index in [2.05, 4.69) is 54.0 Å². The number of amides is 2. The average Bonchev–Trinajstić information content (AvgIpc) is 2.77. The highest BCUT2D eigenvalue weighted by molar-refractivity contribution is 6.10. The van der Waals surface area contributed by atoms with Crippen LogP contribution in [-0.4, -0.2) is 24.4 Å². The SMILES string of the molecule is Cc1ccc([C@@H]([NH2+][C@H](C)C(=O)N2CC(=O)Nc3ccccc32)c2ccccc2)cc1. The highest BCUT2D eigenvalue weighted by Gasteiger charge is 2.33. The number of anilines is 2. The van der Waals surface area contributed by atoms with E-state index in [0.29, 0.717) is 5.69 Å². The van der Waals surface area contributed by atoms with Crippen LogP contribution in [0.15, 0.2) is 78.9 Å². The van der Waals surface area contributed by atoms with Crippen molar-refractivity contribution in [1.29, 1.82) is 0 Å². The summed E-state index contributed by atoms with van der Waals surface area (Å²) >= 11 is 0. The number of aryl methyl sites for hydroxylation is 1. The number of nitrogens with two attached hydrogens (primary N) is 1. The summed E-state index contributed by atoms with van der Waals surface area (Å²) in [5.41, 5.74) is 4.90. The normalized spacial score (nSPS) is 15.1. The summed E-state index contributed by atoms with van der Waals surface area (Å²) in [7, 11) is 0. The van der Waals surface area contributed by atoms with Gasteiger partial charge in [-0.2, -0.15) is 0 Å². The lowest BCUT2D eigenvalue weighted by Crippen LogP contribution is -2.93. The number of nitrogens with one attached hydrogen (secondary N) is 1. The van der Waals surface area contributed by atoms with Crippen molar-refractivity contribution in [3.05, 3.63) is 95.6 Å². The third-order valence-electron chi connectivity index (χ3n) is 5.50. The van der Waals surface area contributed by atoms with Gasteiger partial charge in [0, 0.05) is 11.1 Å². The first kappa shape index (κ1) is 19.9. The molecule has 0 saturated heterocycles. The van der Waals surface area contributed by atoms with Crippen molar-refractivity contribution < 1.29 is 14.9 Å². The van der Waals surface area contributed by atoms with Crippen molar-refractivity contribution in [2.24, 2.45) is 0 Å². The van der Waals surface area contributed by atoms with Gasteiger partial charge in [-0.25, -0.2) is 0 Å². The number of hydrogen-bond donors (Lipinski definition) is 2. The van der Waals surface area contributed by atoms with Crippen LogP contribution in [0.1, 0.15) is 29.7 Å². The zero-order chi connectivity index (χ0) is 21.1. The molecule has 0 aromatic heterocycles. The van der Waals surface area contributed by atoms with E-state index in [1.54, 1.807) is 4.90 Å². The number of quaternary nitrogens is 1. The van der Waals surface area contributed by atoms with E-state index in [1.165, 1.54) is 5.56 Å². The second-order valence-electron chi connectivity index (χ2n) is 7.77. The Hall–Kier alpha value is -3.44. The molecule has 1 aliphatic rings. The Morgan fingerprint density at radius 3 is 2.30 bits per heavy atom. The predicted octanol–water partition coefficient (Wildman–Crippen LogP) is 3.02. The van der Waals surface area contributed by atoms with E-state index in [9.17, 15) is 9.59 Å². The van der Waals surface area contributed by atoms with Gasteiger partial charge in [-0.05, 0) is 26.0 Å². The molecule has 2 atom stereocenters. The Bertz CT molecular complexity index is 1050. The fourth-order valence-electron chi connectivity index (χ4n) is 3.90. The van der Waals surface area contributed by atoms with Crippen LogP contribution in [0, 0.1) is 6.92 Å². The highest BCUT2D eigenvalue weighted by atomic mass is 16.2. The van der Waals surface area contributed by atoms with Gasteiger partial charge in [-0.15, -0.1) is 0 Å². The first-order valence-corrected chi connectivity index (χ1v) is 10.2. The largest absolute Gasteiger partial charge is 0.326 e. The zero-order valence-corrected chi connectivity index (χ0v) is 17.2. The lowest BCUT2D eigenvalue weighted by Gasteiger charge is -2.31. The molecule has 3 N–H and O–H groups in total. The summed E-state index contributed by atoms with van der Waals surface area (Å²) in [6.07, 6.45) is 0. The molecule has 152 valence electrons. The second kappa shape index (κ2) is 8.51. The lowest BCUT2D eigenvalue weighted by molar-refractivity contribution is -0.704. The number of hydrogen-bond acceptors (Lipinski definition) is 2. The van der Waals surface area contributed by atoms with Crippen LogP contribution in [0.2, 0.25) is 0 Å². The van der Waals surface area contributed by atoms with Gasteiger partial charge in [0.1, 0.15) is 12.6 Å². The molecular weight excluding hydrogens is 374 g/mol. The van der Waals surface area contributed by atoms with Crippen LogP contribution < -0.4 is 15.5 Å². The van der Waals surface area contributed by atoms with E-state index >= 15 is 0 Å². The molecule has 0 radical (unpaired) electrons. The fourth-order valence-corrected chi connectivity index (χ4v) is 3.90. The molecule has 3 aromatic carbocycles. The Kier molecular flexibility index (Phi) is 5.63. The Balaban J connectivity index is 1.61. The monoisotopic (exact) mass is 400 g/mol. The molecule has 0 unspecified atom stereocenters. The van der Waals surface area contributed by atoms with Crippen molar-refractivity contribution in [3.63, 3.8) is 0 Å². The summed E-state index contributed by atoms with van der Waals surface area (Å²) in [5.74, 6) is -0.252. The third-order valence-corrected chi connectivity index (χ3v) is 5.50. The summed E-state index contributed by atoms with van der Waals surface area (Å²) in [4.78, 5) is 27.1. The minimum Gasteiger partial charge on any atom is -0.326 e. The van der Waals surface area contributed by atoms with Gasteiger partial charge in [0.25, 0.3) is 5.91 Å². The summed E-state index contributed by atoms with van der Waals surface area (Å²) in [5, 5.41) is 4.92. The number of rotatable bonds is 5. The van der Waals surface area contributed by atoms with Crippen molar-refractivity contribution in [1.82, 2.24) is 0 Å². The molecule has 1 heterocycles. The van der Waals surface area contributed by atoms with Crippen molar-refractivity contribution in [2.45, 2.75) is 25.9 Å². The summed E-state index contributed by atoms with van der Waals surface area (Å²) in [6.45, 7) is 4.01. The van der Waals surface area contributed by atoms with Crippen LogP contribution in [0.3, 0.4) is 0 Å². The maximum atomic E-state index is 13.4. The molecular formula is C25H26N3O2+. The Morgan fingerprint density at radius 2 is 1.57 bits per heavy atom. The maximum absolute atomic E-state index is 13.4. The molecule has 0 spiro atoms. The number of carbonyl (C=O) groups is 2. The predicted molar refractivity (Wildman–Crippen MR) is 118 cm³/mol. The van der Waals surface area contributed by atoms with Gasteiger partial charge in [-0.1, -0.05) is 72.3 Å². The minimum absolute atomic E-state index is 0.0142. The quantitative estimate of drug-likeness (QED) is 0.691. The first-order valence-electron chi connectivity index (χ1n) is 10.2. The molecule has 0 aliphatic carbocycles. The number of nitrogens with zero attached hydrogens (tertiary/aromatic N) is 1. The molecule has 1 aliphatic heterocycles. The van der Waals surface area contributed by atoms with E-state index in [1.807, 2.05) is 49.4 Å². The Labute approximate surface area is 176 Å². The summed E-state index contributed by atoms with van der Waals surface area (Å²) < 4.78 is 0. The van der Waals surface area contributed by atoms with Crippen molar-refractivity contribution in [2.75, 3.05) is 16.8 Å². The fraction of sp³-hybridized carbons (Fsp3) is 0.200. The maximum Gasteiger partial charge on any atom is 0.285 e. The van der Waals surface area contributed by atoms with Gasteiger partial charge in [0.2, 0.25) is 5.91 Å². The van der Waals surface area contributed by atoms with E-state index in [-0.39, 0.29) is 30.4 Å². The molecule has 3 aromatic rings. The number of fused-ring (bicyclic) bond motifs is 1. The zero-order valence-electron chi connectivity index (χ0n) is 17.2. The Morgan fingerprint density at radius 1 is 0.933 bits per heavy atom. The molecule has 5 heteroatoms. The van der Waals surface area contributed by atoms with Crippen LogP contribution in [0.25, 0.3) is 0 Å². The van der Waals surface area contributed by atoms with Gasteiger partial charge in [-0.3, -0.25) is 14.5 Å². The number of carbonyl (C=O) groups excluding carboxylic acids is 2. The molecule has 0 fully saturated rings. The average molecular weight is 401 g/mol. The molecule has 30 heavy (non-hydrogen) atoms. The minimum atomic E-state index is -0.365. The van der Waals surface area contributed by atoms with Gasteiger partial charge in [0.15, 0.2) is 6.04 Å². The van der Waals surface area contributed by atoms with E-state index in [4.69, 9.17) is 0 Å². The van der Waals surface area contributed by atoms with Crippen LogP contribution in [0.5, 0.6) is 0 Å². The molecule has 0 saturated carbocycles. The number of para-hydroxylation sites is 2. The molecule has 4 rings (SSSR count). The smallest absolute Gasteiger partial charge is 0.285 e. The summed E-state index contributed by atoms with van der Waals surface area (Å²) in [6, 6.07) is 25.7. The molecule has 5 nitrogen and oxygen atoms in total. The topological polar surface area (TPSA) is 66.0 Å². The van der Waals surface area contributed by atoms with Crippen molar-refractivity contribution >= 4 is 23.2 Å². The highest BCUT2D eigenvalue weighted by Crippen LogP contribution is 2.29. The standard InChI is InChI=1S/C25H25N3O2/c1-17-12-14-20(15-13-17)24(19-8-4-3-5-9-19)26-18(2)25(30)28-16-23(29)27-21-10-6-7-11-22(21)28/h3-15,18,24,26H,16H2,1-2H3,(H,27,29)/p+1/t18-,24+/m1/s1. The van der Waals surface area contributed by atoms with Crippen LogP contribution in [-0.2, 0) is 9.59 Å². The van der Waals surface area contributed by atoms with Gasteiger partial charge >= 0.3 is 0 Å². The third kappa shape index (κ3) is 4.11. The van der Waals surface area contributed by atoms with Crippen LogP contribution in [0.4, 0.5) is 11.4 Å². The van der Waals surface area contributed by atoms with E-state index in [0.717, 1.165) is 16.8 Å². The lowest BCUT2D eigenvalue weighted by atomic mass is 9.97. The van der Waals surface area contributed by atoms with Crippen LogP contribution >= 0.6 is 0 Å². The number of benzene rings is 3. The molecule has 2 amide bonds.